The van der Waals surface area contributed by atoms with Gasteiger partial charge in [-0.2, -0.15) is 0 Å². The second-order valence-electron chi connectivity index (χ2n) is 7.40. The van der Waals surface area contributed by atoms with E-state index in [4.69, 9.17) is 0 Å². The van der Waals surface area contributed by atoms with Crippen LogP contribution in [0, 0.1) is 20.8 Å². The topological polar surface area (TPSA) is 0 Å². The maximum atomic E-state index is 2.29. The molecule has 0 aromatic heterocycles. The standard InChI is InChI=1S/C27H24/c1-19-4-8-22(9-5-19)23-12-14-25(15-13-23)27-17-21(3)16-26(18-27)24-10-6-20(2)7-11-24/h4-18H,1-3H3. The molecule has 0 aliphatic carbocycles. The molecule has 0 fully saturated rings. The Morgan fingerprint density at radius 3 is 0.963 bits per heavy atom. The summed E-state index contributed by atoms with van der Waals surface area (Å²) in [5.41, 5.74) is 11.4. The third kappa shape index (κ3) is 3.85. The summed E-state index contributed by atoms with van der Waals surface area (Å²) in [7, 11) is 0. The number of rotatable bonds is 3. The van der Waals surface area contributed by atoms with E-state index in [1.54, 1.807) is 0 Å². The summed E-state index contributed by atoms with van der Waals surface area (Å²) in [6, 6.07) is 33.2. The quantitative estimate of drug-likeness (QED) is 0.357. The minimum absolute atomic E-state index is 1.25. The van der Waals surface area contributed by atoms with Crippen LogP contribution < -0.4 is 0 Å². The zero-order valence-electron chi connectivity index (χ0n) is 16.2. The van der Waals surface area contributed by atoms with Crippen LogP contribution >= 0.6 is 0 Å². The van der Waals surface area contributed by atoms with Gasteiger partial charge in [0.15, 0.2) is 0 Å². The number of aryl methyl sites for hydroxylation is 3. The van der Waals surface area contributed by atoms with Gasteiger partial charge in [0.05, 0.1) is 0 Å². The Bertz CT molecular complexity index is 1050. The number of benzene rings is 4. The molecule has 0 aliphatic rings. The maximum absolute atomic E-state index is 2.29. The Kier molecular flexibility index (Phi) is 4.64. The monoisotopic (exact) mass is 348 g/mol. The van der Waals surface area contributed by atoms with E-state index in [2.05, 4.69) is 112 Å². The third-order valence-electron chi connectivity index (χ3n) is 5.07. The first-order valence-electron chi connectivity index (χ1n) is 9.45. The summed E-state index contributed by atoms with van der Waals surface area (Å²) < 4.78 is 0. The van der Waals surface area contributed by atoms with Gasteiger partial charge in [-0.3, -0.25) is 0 Å². The van der Waals surface area contributed by atoms with Crippen molar-refractivity contribution < 1.29 is 0 Å². The minimum Gasteiger partial charge on any atom is -0.0587 e. The summed E-state index contributed by atoms with van der Waals surface area (Å²) in [4.78, 5) is 0. The van der Waals surface area contributed by atoms with E-state index >= 15 is 0 Å². The molecule has 0 N–H and O–H groups in total. The van der Waals surface area contributed by atoms with Crippen molar-refractivity contribution in [3.05, 3.63) is 108 Å². The first kappa shape index (κ1) is 17.3. The van der Waals surface area contributed by atoms with Crippen molar-refractivity contribution in [2.75, 3.05) is 0 Å². The molecule has 0 saturated carbocycles. The molecule has 4 aromatic rings. The molecule has 0 radical (unpaired) electrons. The molecule has 0 unspecified atom stereocenters. The molecule has 0 amide bonds. The van der Waals surface area contributed by atoms with Crippen molar-refractivity contribution >= 4 is 0 Å². The van der Waals surface area contributed by atoms with E-state index < -0.39 is 0 Å². The van der Waals surface area contributed by atoms with Crippen molar-refractivity contribution in [1.29, 1.82) is 0 Å². The summed E-state index contributed by atoms with van der Waals surface area (Å²) in [6.07, 6.45) is 0. The molecule has 0 spiro atoms. The largest absolute Gasteiger partial charge is 0.0587 e. The van der Waals surface area contributed by atoms with Crippen LogP contribution in [0.3, 0.4) is 0 Å². The smallest absolute Gasteiger partial charge is 0.0175 e. The van der Waals surface area contributed by atoms with Crippen LogP contribution in [0.1, 0.15) is 16.7 Å². The molecule has 0 heterocycles. The molecule has 0 bridgehead atoms. The van der Waals surface area contributed by atoms with Gasteiger partial charge in [0.2, 0.25) is 0 Å². The second-order valence-corrected chi connectivity index (χ2v) is 7.40. The molecule has 0 nitrogen and oxygen atoms in total. The molecular formula is C27H24. The Hall–Kier alpha value is -3.12. The molecule has 27 heavy (non-hydrogen) atoms. The van der Waals surface area contributed by atoms with Crippen LogP contribution in [0.15, 0.2) is 91.0 Å². The molecule has 0 heteroatoms. The molecule has 132 valence electrons. The van der Waals surface area contributed by atoms with Crippen LogP contribution in [-0.2, 0) is 0 Å². The van der Waals surface area contributed by atoms with Gasteiger partial charge in [0, 0.05) is 0 Å². The van der Waals surface area contributed by atoms with Crippen molar-refractivity contribution in [2.45, 2.75) is 20.8 Å². The van der Waals surface area contributed by atoms with Crippen LogP contribution in [0.5, 0.6) is 0 Å². The molecule has 0 aliphatic heterocycles. The average molecular weight is 348 g/mol. The van der Waals surface area contributed by atoms with Crippen molar-refractivity contribution in [2.24, 2.45) is 0 Å². The summed E-state index contributed by atoms with van der Waals surface area (Å²) in [5, 5.41) is 0. The van der Waals surface area contributed by atoms with E-state index in [-0.39, 0.29) is 0 Å². The van der Waals surface area contributed by atoms with Gasteiger partial charge >= 0.3 is 0 Å². The fourth-order valence-electron chi connectivity index (χ4n) is 3.46. The van der Waals surface area contributed by atoms with Crippen molar-refractivity contribution in [1.82, 2.24) is 0 Å². The van der Waals surface area contributed by atoms with E-state index in [0.29, 0.717) is 0 Å². The van der Waals surface area contributed by atoms with Crippen molar-refractivity contribution in [3.8, 4) is 33.4 Å². The lowest BCUT2D eigenvalue weighted by atomic mass is 9.95. The molecule has 4 rings (SSSR count). The highest BCUT2D eigenvalue weighted by atomic mass is 14.1. The minimum atomic E-state index is 1.25. The van der Waals surface area contributed by atoms with Crippen LogP contribution in [0.2, 0.25) is 0 Å². The van der Waals surface area contributed by atoms with Crippen LogP contribution in [0.25, 0.3) is 33.4 Å². The summed E-state index contributed by atoms with van der Waals surface area (Å²) in [6.45, 7) is 6.42. The fraction of sp³-hybridized carbons (Fsp3) is 0.111. The molecule has 0 saturated heterocycles. The van der Waals surface area contributed by atoms with E-state index in [0.717, 1.165) is 0 Å². The highest BCUT2D eigenvalue weighted by Gasteiger charge is 2.05. The van der Waals surface area contributed by atoms with Gasteiger partial charge in [-0.1, -0.05) is 96.1 Å². The SMILES string of the molecule is Cc1ccc(-c2ccc(-c3cc(C)cc(-c4ccc(C)cc4)c3)cc2)cc1. The molecule has 4 aromatic carbocycles. The fourth-order valence-corrected chi connectivity index (χ4v) is 3.46. The lowest BCUT2D eigenvalue weighted by Crippen LogP contribution is -1.85. The van der Waals surface area contributed by atoms with E-state index in [9.17, 15) is 0 Å². The predicted octanol–water partition coefficient (Wildman–Crippen LogP) is 7.61. The molecule has 0 atom stereocenters. The lowest BCUT2D eigenvalue weighted by molar-refractivity contribution is 1.44. The lowest BCUT2D eigenvalue weighted by Gasteiger charge is -2.10. The van der Waals surface area contributed by atoms with Gasteiger partial charge < -0.3 is 0 Å². The highest BCUT2D eigenvalue weighted by Crippen LogP contribution is 2.30. The van der Waals surface area contributed by atoms with Gasteiger partial charge in [-0.25, -0.2) is 0 Å². The normalized spacial score (nSPS) is 10.8. The third-order valence-corrected chi connectivity index (χ3v) is 5.07. The van der Waals surface area contributed by atoms with Gasteiger partial charge in [-0.15, -0.1) is 0 Å². The first-order chi connectivity index (χ1) is 13.1. The van der Waals surface area contributed by atoms with E-state index in [1.165, 1.54) is 50.1 Å². The Morgan fingerprint density at radius 2 is 0.593 bits per heavy atom. The second kappa shape index (κ2) is 7.25. The zero-order valence-corrected chi connectivity index (χ0v) is 16.2. The Balaban J connectivity index is 1.69. The van der Waals surface area contributed by atoms with Crippen LogP contribution in [-0.4, -0.2) is 0 Å². The van der Waals surface area contributed by atoms with Crippen LogP contribution in [0.4, 0.5) is 0 Å². The summed E-state index contributed by atoms with van der Waals surface area (Å²) >= 11 is 0. The predicted molar refractivity (Wildman–Crippen MR) is 117 cm³/mol. The van der Waals surface area contributed by atoms with Crippen molar-refractivity contribution in [3.63, 3.8) is 0 Å². The summed E-state index contributed by atoms with van der Waals surface area (Å²) in [5.74, 6) is 0. The maximum Gasteiger partial charge on any atom is -0.0175 e. The van der Waals surface area contributed by atoms with E-state index in [1.807, 2.05) is 0 Å². The number of hydrogen-bond donors (Lipinski definition) is 0. The first-order valence-corrected chi connectivity index (χ1v) is 9.45. The Morgan fingerprint density at radius 1 is 0.296 bits per heavy atom. The van der Waals surface area contributed by atoms with Gasteiger partial charge in [0.1, 0.15) is 0 Å². The van der Waals surface area contributed by atoms with Gasteiger partial charge in [0.25, 0.3) is 0 Å². The Labute approximate surface area is 162 Å². The molecular weight excluding hydrogens is 324 g/mol. The van der Waals surface area contributed by atoms with Gasteiger partial charge in [-0.05, 0) is 65.8 Å². The highest BCUT2D eigenvalue weighted by molar-refractivity contribution is 5.76. The number of hydrogen-bond acceptors (Lipinski definition) is 0. The zero-order chi connectivity index (χ0) is 18.8. The average Bonchev–Trinajstić information content (AvgIpc) is 2.69.